The van der Waals surface area contributed by atoms with E-state index in [-0.39, 0.29) is 5.82 Å². The van der Waals surface area contributed by atoms with Gasteiger partial charge in [0, 0.05) is 0 Å². The highest BCUT2D eigenvalue weighted by Gasteiger charge is 2.37. The van der Waals surface area contributed by atoms with E-state index >= 15 is 0 Å². The summed E-state index contributed by atoms with van der Waals surface area (Å²) in [6.07, 6.45) is -0.523. The normalized spacial score (nSPS) is 15.0. The summed E-state index contributed by atoms with van der Waals surface area (Å²) in [6, 6.07) is 14.4. The molecule has 1 N–H and O–H groups in total. The van der Waals surface area contributed by atoms with Crippen molar-refractivity contribution in [2.24, 2.45) is 0 Å². The summed E-state index contributed by atoms with van der Waals surface area (Å²) < 4.78 is 19.4. The lowest BCUT2D eigenvalue weighted by atomic mass is 9.82. The summed E-state index contributed by atoms with van der Waals surface area (Å²) in [5.41, 5.74) is 1.29. The molecule has 0 saturated heterocycles. The summed E-state index contributed by atoms with van der Waals surface area (Å²) in [5.74, 6) is -0.296. The van der Waals surface area contributed by atoms with Gasteiger partial charge < -0.3 is 9.84 Å². The molecule has 0 aliphatic rings. The lowest BCUT2D eigenvalue weighted by molar-refractivity contribution is -0.0892. The maximum absolute atomic E-state index is 13.5. The highest BCUT2D eigenvalue weighted by molar-refractivity contribution is 5.35. The van der Waals surface area contributed by atoms with Gasteiger partial charge in [-0.1, -0.05) is 43.0 Å². The van der Waals surface area contributed by atoms with Gasteiger partial charge in [-0.25, -0.2) is 4.39 Å². The minimum Gasteiger partial charge on any atom is -0.378 e. The second-order valence-electron chi connectivity index (χ2n) is 5.95. The Labute approximate surface area is 137 Å². The molecule has 0 aliphatic carbocycles. The van der Waals surface area contributed by atoms with E-state index < -0.39 is 11.7 Å². The number of aliphatic hydroxyl groups is 1. The van der Waals surface area contributed by atoms with Crippen LogP contribution in [0.4, 0.5) is 4.39 Å². The third kappa shape index (κ3) is 3.69. The standard InChI is InChI=1S/C20H23FO2/c1-14(2)20(22,18-10-11-19(21)15(3)12-18)16(4)23-13-17-8-6-5-7-9-17/h5-12,16,22H,1,13H2,2-4H3/t16-,20?/m0/s1. The molecule has 2 aromatic carbocycles. The number of hydrogen-bond donors (Lipinski definition) is 1. The van der Waals surface area contributed by atoms with Gasteiger partial charge in [0.1, 0.15) is 11.4 Å². The van der Waals surface area contributed by atoms with Gasteiger partial charge in [-0.05, 0) is 55.2 Å². The first-order valence-electron chi connectivity index (χ1n) is 7.66. The lowest BCUT2D eigenvalue weighted by Crippen LogP contribution is -2.40. The van der Waals surface area contributed by atoms with E-state index in [0.717, 1.165) is 5.56 Å². The van der Waals surface area contributed by atoms with Gasteiger partial charge in [-0.2, -0.15) is 0 Å². The van der Waals surface area contributed by atoms with Crippen LogP contribution in [0.25, 0.3) is 0 Å². The van der Waals surface area contributed by atoms with Crippen LogP contribution in [0.3, 0.4) is 0 Å². The van der Waals surface area contributed by atoms with Crippen LogP contribution in [0.2, 0.25) is 0 Å². The maximum Gasteiger partial charge on any atom is 0.136 e. The average molecular weight is 314 g/mol. The van der Waals surface area contributed by atoms with Crippen molar-refractivity contribution >= 4 is 0 Å². The SMILES string of the molecule is C=C(C)C(O)(c1ccc(F)c(C)c1)[C@H](C)OCc1ccccc1. The third-order valence-electron chi connectivity index (χ3n) is 4.18. The van der Waals surface area contributed by atoms with Crippen LogP contribution in [0.1, 0.15) is 30.5 Å². The van der Waals surface area contributed by atoms with Crippen LogP contribution in [0, 0.1) is 12.7 Å². The highest BCUT2D eigenvalue weighted by Crippen LogP contribution is 2.34. The minimum atomic E-state index is -1.37. The highest BCUT2D eigenvalue weighted by atomic mass is 19.1. The number of hydrogen-bond acceptors (Lipinski definition) is 2. The molecule has 0 aliphatic heterocycles. The summed E-state index contributed by atoms with van der Waals surface area (Å²) in [7, 11) is 0. The fourth-order valence-electron chi connectivity index (χ4n) is 2.63. The van der Waals surface area contributed by atoms with E-state index in [2.05, 4.69) is 6.58 Å². The quantitative estimate of drug-likeness (QED) is 0.795. The van der Waals surface area contributed by atoms with Gasteiger partial charge in [-0.15, -0.1) is 0 Å². The molecule has 0 radical (unpaired) electrons. The van der Waals surface area contributed by atoms with E-state index in [1.807, 2.05) is 30.3 Å². The molecule has 2 atom stereocenters. The molecular formula is C20H23FO2. The first-order valence-corrected chi connectivity index (χ1v) is 7.66. The lowest BCUT2D eigenvalue weighted by Gasteiger charge is -2.35. The molecule has 122 valence electrons. The van der Waals surface area contributed by atoms with Crippen LogP contribution in [-0.2, 0) is 16.9 Å². The van der Waals surface area contributed by atoms with Gasteiger partial charge in [0.05, 0.1) is 12.7 Å². The van der Waals surface area contributed by atoms with Crippen molar-refractivity contribution in [3.05, 3.63) is 83.2 Å². The monoisotopic (exact) mass is 314 g/mol. The van der Waals surface area contributed by atoms with Crippen LogP contribution >= 0.6 is 0 Å². The number of aryl methyl sites for hydroxylation is 1. The van der Waals surface area contributed by atoms with Crippen molar-refractivity contribution in [1.82, 2.24) is 0 Å². The minimum absolute atomic E-state index is 0.296. The first kappa shape index (κ1) is 17.4. The molecule has 3 heteroatoms. The van der Waals surface area contributed by atoms with Crippen molar-refractivity contribution in [3.8, 4) is 0 Å². The third-order valence-corrected chi connectivity index (χ3v) is 4.18. The second-order valence-corrected chi connectivity index (χ2v) is 5.95. The first-order chi connectivity index (χ1) is 10.9. The van der Waals surface area contributed by atoms with E-state index in [9.17, 15) is 9.50 Å². The Hall–Kier alpha value is -1.97. The molecule has 0 spiro atoms. The summed E-state index contributed by atoms with van der Waals surface area (Å²) >= 11 is 0. The van der Waals surface area contributed by atoms with E-state index in [1.165, 1.54) is 6.07 Å². The van der Waals surface area contributed by atoms with Crippen LogP contribution in [-0.4, -0.2) is 11.2 Å². The Kier molecular flexibility index (Phi) is 5.34. The van der Waals surface area contributed by atoms with E-state index in [1.54, 1.807) is 32.9 Å². The van der Waals surface area contributed by atoms with Gasteiger partial charge in [0.15, 0.2) is 0 Å². The van der Waals surface area contributed by atoms with Gasteiger partial charge >= 0.3 is 0 Å². The maximum atomic E-state index is 13.5. The Morgan fingerprint density at radius 2 is 1.91 bits per heavy atom. The zero-order chi connectivity index (χ0) is 17.0. The molecule has 23 heavy (non-hydrogen) atoms. The van der Waals surface area contributed by atoms with Gasteiger partial charge in [0.2, 0.25) is 0 Å². The molecule has 0 fully saturated rings. The summed E-state index contributed by atoms with van der Waals surface area (Å²) in [5, 5.41) is 11.2. The Bertz CT molecular complexity index is 681. The van der Waals surface area contributed by atoms with Crippen LogP contribution in [0.15, 0.2) is 60.7 Å². The molecule has 0 heterocycles. The van der Waals surface area contributed by atoms with E-state index in [4.69, 9.17) is 4.74 Å². The molecule has 1 unspecified atom stereocenters. The van der Waals surface area contributed by atoms with Crippen molar-refractivity contribution < 1.29 is 14.2 Å². The number of benzene rings is 2. The molecule has 0 bridgehead atoms. The summed E-state index contributed by atoms with van der Waals surface area (Å²) in [6.45, 7) is 9.52. The largest absolute Gasteiger partial charge is 0.378 e. The number of halogens is 1. The Morgan fingerprint density at radius 1 is 1.26 bits per heavy atom. The van der Waals surface area contributed by atoms with Crippen molar-refractivity contribution in [2.45, 2.75) is 39.1 Å². The predicted molar refractivity (Wildman–Crippen MR) is 90.5 cm³/mol. The van der Waals surface area contributed by atoms with Gasteiger partial charge in [0.25, 0.3) is 0 Å². The molecule has 0 aromatic heterocycles. The Morgan fingerprint density at radius 3 is 2.48 bits per heavy atom. The topological polar surface area (TPSA) is 29.5 Å². The second kappa shape index (κ2) is 7.07. The predicted octanol–water partition coefficient (Wildman–Crippen LogP) is 4.50. The van der Waals surface area contributed by atoms with E-state index in [0.29, 0.717) is 23.3 Å². The average Bonchev–Trinajstić information content (AvgIpc) is 2.55. The van der Waals surface area contributed by atoms with Crippen molar-refractivity contribution in [2.75, 3.05) is 0 Å². The molecular weight excluding hydrogens is 291 g/mol. The number of ether oxygens (including phenoxy) is 1. The smallest absolute Gasteiger partial charge is 0.136 e. The number of rotatable bonds is 6. The van der Waals surface area contributed by atoms with Gasteiger partial charge in [-0.3, -0.25) is 0 Å². The fraction of sp³-hybridized carbons (Fsp3) is 0.300. The zero-order valence-corrected chi connectivity index (χ0v) is 13.8. The van der Waals surface area contributed by atoms with Crippen LogP contribution < -0.4 is 0 Å². The molecule has 2 nitrogen and oxygen atoms in total. The molecule has 0 amide bonds. The zero-order valence-electron chi connectivity index (χ0n) is 13.8. The molecule has 2 rings (SSSR count). The Balaban J connectivity index is 2.25. The van der Waals surface area contributed by atoms with Crippen molar-refractivity contribution in [3.63, 3.8) is 0 Å². The molecule has 0 saturated carbocycles. The molecule has 2 aromatic rings. The summed E-state index contributed by atoms with van der Waals surface area (Å²) in [4.78, 5) is 0. The van der Waals surface area contributed by atoms with Crippen molar-refractivity contribution in [1.29, 1.82) is 0 Å². The van der Waals surface area contributed by atoms with Crippen LogP contribution in [0.5, 0.6) is 0 Å². The fourth-order valence-corrected chi connectivity index (χ4v) is 2.63.